The van der Waals surface area contributed by atoms with Crippen LogP contribution in [0.25, 0.3) is 0 Å². The number of hydrogen-bond donors (Lipinski definition) is 0. The average Bonchev–Trinajstić information content (AvgIpc) is 2.00. The van der Waals surface area contributed by atoms with Crippen LogP contribution < -0.4 is 0 Å². The fourth-order valence-corrected chi connectivity index (χ4v) is 6.27. The molecule has 0 unspecified atom stereocenters. The standard InChI is InChI=1S/C6H18N2P2.C4H12NP.2CH4/c1-7-10(5,6)8-9(2,3)4;1-5-6(2,3)4;;/h1-6H3;1-4H3;2*1H4. The van der Waals surface area contributed by atoms with Gasteiger partial charge >= 0.3 is 0 Å². The maximum absolute atomic E-state index is 4.72. The molecule has 116 valence electrons. The van der Waals surface area contributed by atoms with Crippen LogP contribution in [-0.2, 0) is 0 Å². The number of hydrogen-bond acceptors (Lipinski definition) is 2. The van der Waals surface area contributed by atoms with Crippen molar-refractivity contribution in [3.63, 3.8) is 0 Å². The van der Waals surface area contributed by atoms with Gasteiger partial charge < -0.3 is 4.74 Å². The van der Waals surface area contributed by atoms with Crippen molar-refractivity contribution < 1.29 is 0 Å². The summed E-state index contributed by atoms with van der Waals surface area (Å²) in [6.45, 7) is 17.5. The lowest BCUT2D eigenvalue weighted by Crippen LogP contribution is -1.73. The minimum Gasteiger partial charge on any atom is -0.307 e. The summed E-state index contributed by atoms with van der Waals surface area (Å²) in [5, 5.41) is 0. The van der Waals surface area contributed by atoms with E-state index in [1.807, 2.05) is 14.1 Å². The highest BCUT2D eigenvalue weighted by Crippen LogP contribution is 2.53. The fourth-order valence-electron chi connectivity index (χ4n) is 0.697. The van der Waals surface area contributed by atoms with Crippen molar-refractivity contribution in [2.45, 2.75) is 14.9 Å². The van der Waals surface area contributed by atoms with Gasteiger partial charge in [0.2, 0.25) is 0 Å². The molecule has 0 bridgehead atoms. The third-order valence-corrected chi connectivity index (χ3v) is 7.65. The Balaban J connectivity index is -0.000000108. The lowest BCUT2D eigenvalue weighted by molar-refractivity contribution is 1.46. The molecule has 0 aromatic carbocycles. The second kappa shape index (κ2) is 10.5. The Morgan fingerprint density at radius 3 is 0.889 bits per heavy atom. The maximum atomic E-state index is 4.72. The summed E-state index contributed by atoms with van der Waals surface area (Å²) in [5.74, 6) is 0. The summed E-state index contributed by atoms with van der Waals surface area (Å²) in [5.41, 5.74) is 0. The van der Waals surface area contributed by atoms with E-state index in [1.54, 1.807) is 0 Å². The lowest BCUT2D eigenvalue weighted by atomic mass is 11.6. The van der Waals surface area contributed by atoms with Gasteiger partial charge in [0.15, 0.2) is 0 Å². The molecule has 0 aromatic heterocycles. The van der Waals surface area contributed by atoms with E-state index in [-0.39, 0.29) is 14.9 Å². The maximum Gasteiger partial charge on any atom is 0.0661 e. The molecule has 18 heavy (non-hydrogen) atoms. The predicted molar refractivity (Wildman–Crippen MR) is 101 cm³/mol. The van der Waals surface area contributed by atoms with Crippen LogP contribution in [0.3, 0.4) is 0 Å². The minimum atomic E-state index is -1.25. The first-order chi connectivity index (χ1) is 6.83. The van der Waals surface area contributed by atoms with Gasteiger partial charge in [-0.2, -0.15) is 0 Å². The van der Waals surface area contributed by atoms with E-state index in [0.717, 1.165) is 0 Å². The van der Waals surface area contributed by atoms with Gasteiger partial charge in [-0.1, -0.05) is 14.9 Å². The Hall–Kier alpha value is 0.690. The third kappa shape index (κ3) is 25.5. The molecule has 0 aliphatic heterocycles. The van der Waals surface area contributed by atoms with E-state index in [4.69, 9.17) is 4.52 Å². The lowest BCUT2D eigenvalue weighted by Gasteiger charge is -2.13. The molecule has 0 saturated heterocycles. The first-order valence-electron chi connectivity index (χ1n) is 5.27. The third-order valence-electron chi connectivity index (χ3n) is 1.58. The van der Waals surface area contributed by atoms with E-state index in [9.17, 15) is 0 Å². The summed E-state index contributed by atoms with van der Waals surface area (Å²) in [4.78, 5) is 0. The zero-order chi connectivity index (χ0) is 13.6. The van der Waals surface area contributed by atoms with Gasteiger partial charge in [0.1, 0.15) is 0 Å². The van der Waals surface area contributed by atoms with Gasteiger partial charge in [-0.15, -0.1) is 0 Å². The molecule has 0 heterocycles. The van der Waals surface area contributed by atoms with Crippen molar-refractivity contribution in [2.24, 2.45) is 14.0 Å². The molecule has 0 rings (SSSR count). The van der Waals surface area contributed by atoms with Crippen molar-refractivity contribution >= 4 is 21.3 Å². The van der Waals surface area contributed by atoms with Crippen molar-refractivity contribution in [3.05, 3.63) is 0 Å². The predicted octanol–water partition coefficient (Wildman–Crippen LogP) is 6.06. The normalized spacial score (nSPS) is 11.0. The molecule has 0 N–H and O–H groups in total. The summed E-state index contributed by atoms with van der Waals surface area (Å²) < 4.78 is 13.1. The SMILES string of the molecule is C.C.CN=P(C)(C)C.CN=P(C)(C)N=P(C)(C)C. The zero-order valence-electron chi connectivity index (χ0n) is 12.7. The van der Waals surface area contributed by atoms with E-state index in [0.29, 0.717) is 0 Å². The van der Waals surface area contributed by atoms with E-state index in [2.05, 4.69) is 62.8 Å². The molecule has 0 spiro atoms. The Morgan fingerprint density at radius 1 is 0.556 bits per heavy atom. The van der Waals surface area contributed by atoms with Crippen molar-refractivity contribution in [1.29, 1.82) is 0 Å². The van der Waals surface area contributed by atoms with Gasteiger partial charge in [-0.3, -0.25) is 9.26 Å². The van der Waals surface area contributed by atoms with Crippen molar-refractivity contribution in [2.75, 3.05) is 67.4 Å². The molecular formula is C12H38N3P3. The van der Waals surface area contributed by atoms with Crippen LogP contribution in [0.1, 0.15) is 14.9 Å². The summed E-state index contributed by atoms with van der Waals surface area (Å²) in [7, 11) is 0.760. The highest BCUT2D eigenvalue weighted by Gasteiger charge is 2.03. The van der Waals surface area contributed by atoms with Gasteiger partial charge in [-0.05, 0) is 67.4 Å². The second-order valence-corrected chi connectivity index (χ2v) is 17.7. The zero-order valence-corrected chi connectivity index (χ0v) is 15.4. The van der Waals surface area contributed by atoms with Crippen LogP contribution in [0, 0.1) is 0 Å². The van der Waals surface area contributed by atoms with E-state index >= 15 is 0 Å². The smallest absolute Gasteiger partial charge is 0.0661 e. The van der Waals surface area contributed by atoms with Crippen LogP contribution in [-0.4, -0.2) is 67.4 Å². The van der Waals surface area contributed by atoms with E-state index < -0.39 is 21.3 Å². The summed E-state index contributed by atoms with van der Waals surface area (Å²) in [6.07, 6.45) is 0. The second-order valence-electron chi connectivity index (χ2n) is 5.71. The van der Waals surface area contributed by atoms with Gasteiger partial charge in [-0.25, -0.2) is 0 Å². The van der Waals surface area contributed by atoms with Gasteiger partial charge in [0.05, 0.1) is 7.21 Å². The molecule has 0 fully saturated rings. The topological polar surface area (TPSA) is 37.1 Å². The minimum absolute atomic E-state index is 0. The van der Waals surface area contributed by atoms with Crippen LogP contribution in [0.2, 0.25) is 0 Å². The molecule has 0 radical (unpaired) electrons. The molecule has 0 aliphatic carbocycles. The molecule has 0 aliphatic rings. The van der Waals surface area contributed by atoms with Crippen LogP contribution in [0.15, 0.2) is 14.0 Å². The van der Waals surface area contributed by atoms with Crippen molar-refractivity contribution in [3.8, 4) is 0 Å². The highest BCUT2D eigenvalue weighted by molar-refractivity contribution is 7.75. The average molecular weight is 317 g/mol. The number of nitrogens with zero attached hydrogens (tertiary/aromatic N) is 3. The summed E-state index contributed by atoms with van der Waals surface area (Å²) in [6, 6.07) is 0. The molecule has 3 nitrogen and oxygen atoms in total. The van der Waals surface area contributed by atoms with Gasteiger partial charge in [0.25, 0.3) is 0 Å². The molecule has 0 atom stereocenters. The molecule has 0 aromatic rings. The molecular weight excluding hydrogens is 279 g/mol. The Kier molecular flexibility index (Phi) is 15.8. The highest BCUT2D eigenvalue weighted by atomic mass is 31.2. The van der Waals surface area contributed by atoms with E-state index in [1.165, 1.54) is 0 Å². The van der Waals surface area contributed by atoms with Crippen LogP contribution in [0.5, 0.6) is 0 Å². The van der Waals surface area contributed by atoms with Gasteiger partial charge in [0, 0.05) is 14.1 Å². The Morgan fingerprint density at radius 2 is 0.833 bits per heavy atom. The first-order valence-corrected chi connectivity index (χ1v) is 14.0. The molecule has 6 heteroatoms. The summed E-state index contributed by atoms with van der Waals surface area (Å²) >= 11 is 0. The van der Waals surface area contributed by atoms with Crippen LogP contribution >= 0.6 is 21.3 Å². The quantitative estimate of drug-likeness (QED) is 0.527. The Bertz CT molecular complexity index is 336. The largest absolute Gasteiger partial charge is 0.307 e. The fraction of sp³-hybridized carbons (Fsp3) is 1.00. The monoisotopic (exact) mass is 317 g/mol. The first kappa shape index (κ1) is 27.1. The molecule has 0 amide bonds. The number of rotatable bonds is 1. The van der Waals surface area contributed by atoms with Crippen LogP contribution in [0.4, 0.5) is 0 Å². The Labute approximate surface area is 118 Å². The molecule has 0 saturated carbocycles. The van der Waals surface area contributed by atoms with Crippen molar-refractivity contribution in [1.82, 2.24) is 0 Å².